The molecule has 0 radical (unpaired) electrons. The molecule has 2 bridgehead atoms. The van der Waals surface area contributed by atoms with Gasteiger partial charge in [-0.05, 0) is 31.6 Å². The van der Waals surface area contributed by atoms with E-state index in [9.17, 15) is 0 Å². The number of fused-ring (bicyclic) bond motifs is 1. The summed E-state index contributed by atoms with van der Waals surface area (Å²) in [5, 5.41) is 3.57. The molecule has 44 valence electrons. The van der Waals surface area contributed by atoms with E-state index in [-0.39, 0.29) is 0 Å². The minimum absolute atomic E-state index is 0.727. The lowest BCUT2D eigenvalue weighted by Crippen LogP contribution is -2.07. The topological polar surface area (TPSA) is 21.9 Å². The molecule has 3 unspecified atom stereocenters. The Balaban J connectivity index is 2.07. The third-order valence-corrected chi connectivity index (χ3v) is 3.27. The summed E-state index contributed by atoms with van der Waals surface area (Å²) in [5.74, 6) is 1.13. The largest absolute Gasteiger partial charge is 0.305 e. The van der Waals surface area contributed by atoms with Crippen LogP contribution in [-0.2, 0) is 0 Å². The van der Waals surface area contributed by atoms with Gasteiger partial charge >= 0.3 is 0 Å². The monoisotopic (exact) mass is 109 g/mol. The van der Waals surface area contributed by atoms with E-state index in [1.807, 2.05) is 0 Å². The fraction of sp³-hybridized carbons (Fsp3) is 1.00. The molecule has 2 saturated carbocycles. The van der Waals surface area contributed by atoms with Crippen LogP contribution in [0.2, 0.25) is 0 Å². The molecule has 1 spiro atoms. The number of piperidine rings is 1. The Bertz CT molecular complexity index is 141. The van der Waals surface area contributed by atoms with Crippen LogP contribution in [0.1, 0.15) is 25.7 Å². The molecule has 0 amide bonds. The third-order valence-electron chi connectivity index (χ3n) is 3.27. The van der Waals surface area contributed by atoms with E-state index in [1.165, 1.54) is 25.7 Å². The Morgan fingerprint density at radius 3 is 2.88 bits per heavy atom. The second-order valence-electron chi connectivity index (χ2n) is 3.70. The van der Waals surface area contributed by atoms with Crippen molar-refractivity contribution < 1.29 is 0 Å². The number of rotatable bonds is 0. The van der Waals surface area contributed by atoms with Gasteiger partial charge in [0.1, 0.15) is 0 Å². The Labute approximate surface area is 49.5 Å². The van der Waals surface area contributed by atoms with Crippen molar-refractivity contribution in [3.05, 3.63) is 0 Å². The molecular formula is C7H11N. The van der Waals surface area contributed by atoms with Gasteiger partial charge in [0.25, 0.3) is 0 Å². The maximum atomic E-state index is 3.57. The van der Waals surface area contributed by atoms with Gasteiger partial charge in [-0.2, -0.15) is 0 Å². The van der Waals surface area contributed by atoms with Gasteiger partial charge in [-0.3, -0.25) is 0 Å². The normalized spacial score (nSPS) is 66.0. The van der Waals surface area contributed by atoms with Gasteiger partial charge in [-0.1, -0.05) is 0 Å². The van der Waals surface area contributed by atoms with Crippen LogP contribution in [0, 0.1) is 5.92 Å². The number of hydrogen-bond donors (Lipinski definition) is 1. The Morgan fingerprint density at radius 1 is 1.50 bits per heavy atom. The third kappa shape index (κ3) is 0.255. The number of nitrogens with one attached hydrogen (secondary N) is 1. The second kappa shape index (κ2) is 0.860. The van der Waals surface area contributed by atoms with Crippen LogP contribution in [0.25, 0.3) is 0 Å². The molecule has 1 heterocycles. The lowest BCUT2D eigenvalue weighted by molar-refractivity contribution is 0.520. The zero-order valence-electron chi connectivity index (χ0n) is 4.98. The molecule has 0 aromatic rings. The summed E-state index contributed by atoms with van der Waals surface area (Å²) in [7, 11) is 0. The van der Waals surface area contributed by atoms with Crippen molar-refractivity contribution in [1.29, 1.82) is 0 Å². The Hall–Kier alpha value is -0.0400. The van der Waals surface area contributed by atoms with Crippen LogP contribution in [-0.4, -0.2) is 11.6 Å². The zero-order chi connectivity index (χ0) is 5.19. The molecule has 0 aromatic heterocycles. The van der Waals surface area contributed by atoms with Crippen molar-refractivity contribution >= 4 is 0 Å². The van der Waals surface area contributed by atoms with Crippen LogP contribution < -0.4 is 5.32 Å². The zero-order valence-corrected chi connectivity index (χ0v) is 4.98. The van der Waals surface area contributed by atoms with Crippen molar-refractivity contribution in [1.82, 2.24) is 5.32 Å². The SMILES string of the molecule is C1CC23CC1CC2N3. The summed E-state index contributed by atoms with van der Waals surface area (Å²) < 4.78 is 0. The van der Waals surface area contributed by atoms with Crippen LogP contribution in [0.5, 0.6) is 0 Å². The second-order valence-corrected chi connectivity index (χ2v) is 3.70. The van der Waals surface area contributed by atoms with Crippen LogP contribution in [0.3, 0.4) is 0 Å². The maximum absolute atomic E-state index is 3.57. The van der Waals surface area contributed by atoms with Crippen LogP contribution in [0.15, 0.2) is 0 Å². The van der Waals surface area contributed by atoms with E-state index in [0.29, 0.717) is 0 Å². The van der Waals surface area contributed by atoms with Gasteiger partial charge in [0.2, 0.25) is 0 Å². The minimum atomic E-state index is 0.727. The molecule has 0 aromatic carbocycles. The van der Waals surface area contributed by atoms with E-state index in [4.69, 9.17) is 0 Å². The maximum Gasteiger partial charge on any atom is 0.0341 e. The summed E-state index contributed by atoms with van der Waals surface area (Å²) in [4.78, 5) is 0. The van der Waals surface area contributed by atoms with Crippen molar-refractivity contribution in [2.75, 3.05) is 0 Å². The van der Waals surface area contributed by atoms with Crippen LogP contribution in [0.4, 0.5) is 0 Å². The van der Waals surface area contributed by atoms with E-state index in [1.54, 1.807) is 0 Å². The first-order chi connectivity index (χ1) is 3.89. The molecule has 3 rings (SSSR count). The summed E-state index contributed by atoms with van der Waals surface area (Å²) in [6, 6.07) is 0.973. The molecular weight excluding hydrogens is 98.1 g/mol. The molecule has 2 aliphatic carbocycles. The van der Waals surface area contributed by atoms with E-state index < -0.39 is 0 Å². The quantitative estimate of drug-likeness (QED) is 0.459. The van der Waals surface area contributed by atoms with Gasteiger partial charge in [-0.25, -0.2) is 0 Å². The van der Waals surface area contributed by atoms with Crippen molar-refractivity contribution in [2.24, 2.45) is 5.92 Å². The average molecular weight is 109 g/mol. The average Bonchev–Trinajstić information content (AvgIpc) is 2.13. The van der Waals surface area contributed by atoms with Crippen molar-refractivity contribution in [3.8, 4) is 0 Å². The highest BCUT2D eigenvalue weighted by Crippen LogP contribution is 2.56. The summed E-state index contributed by atoms with van der Waals surface area (Å²) in [6.45, 7) is 0. The molecule has 8 heavy (non-hydrogen) atoms. The standard InChI is InChI=1S/C7H11N/c1-2-7-4-5(1)3-6(7)8-7/h5-6,8H,1-4H2. The van der Waals surface area contributed by atoms with Crippen molar-refractivity contribution in [3.63, 3.8) is 0 Å². The fourth-order valence-corrected chi connectivity index (χ4v) is 2.75. The molecule has 1 nitrogen and oxygen atoms in total. The fourth-order valence-electron chi connectivity index (χ4n) is 2.75. The molecule has 1 aliphatic heterocycles. The van der Waals surface area contributed by atoms with Gasteiger partial charge in [0.05, 0.1) is 0 Å². The Morgan fingerprint density at radius 2 is 2.50 bits per heavy atom. The first-order valence-corrected chi connectivity index (χ1v) is 3.67. The lowest BCUT2D eigenvalue weighted by atomic mass is 10.0. The molecule has 3 aliphatic rings. The Kier molecular flexibility index (Phi) is 0.418. The number of hydrogen-bond acceptors (Lipinski definition) is 1. The molecule has 1 N–H and O–H groups in total. The van der Waals surface area contributed by atoms with E-state index >= 15 is 0 Å². The van der Waals surface area contributed by atoms with Crippen LogP contribution >= 0.6 is 0 Å². The first kappa shape index (κ1) is 3.89. The first-order valence-electron chi connectivity index (χ1n) is 3.67. The van der Waals surface area contributed by atoms with Crippen molar-refractivity contribution in [2.45, 2.75) is 37.3 Å². The molecule has 3 fully saturated rings. The van der Waals surface area contributed by atoms with Gasteiger partial charge in [-0.15, -0.1) is 0 Å². The molecule has 1 saturated heterocycles. The summed E-state index contributed by atoms with van der Waals surface area (Å²) >= 11 is 0. The smallest absolute Gasteiger partial charge is 0.0341 e. The van der Waals surface area contributed by atoms with E-state index in [2.05, 4.69) is 5.32 Å². The lowest BCUT2D eigenvalue weighted by Gasteiger charge is -2.02. The highest BCUT2D eigenvalue weighted by atomic mass is 15.2. The minimum Gasteiger partial charge on any atom is -0.305 e. The molecule has 3 atom stereocenters. The molecule has 1 heteroatoms. The highest BCUT2D eigenvalue weighted by Gasteiger charge is 2.63. The predicted molar refractivity (Wildman–Crippen MR) is 31.6 cm³/mol. The predicted octanol–water partition coefficient (Wildman–Crippen LogP) is 0.901. The summed E-state index contributed by atoms with van der Waals surface area (Å²) in [5.41, 5.74) is 0.727. The van der Waals surface area contributed by atoms with Gasteiger partial charge in [0.15, 0.2) is 0 Å². The van der Waals surface area contributed by atoms with Gasteiger partial charge in [0, 0.05) is 11.6 Å². The summed E-state index contributed by atoms with van der Waals surface area (Å²) in [6.07, 6.45) is 6.02. The van der Waals surface area contributed by atoms with Gasteiger partial charge < -0.3 is 5.32 Å². The highest BCUT2D eigenvalue weighted by molar-refractivity contribution is 5.23. The van der Waals surface area contributed by atoms with E-state index in [0.717, 1.165) is 17.5 Å².